The number of nitrogens with one attached hydrogen (secondary N) is 1. The highest BCUT2D eigenvalue weighted by atomic mass is 16.5. The second-order valence-corrected chi connectivity index (χ2v) is 4.46. The van der Waals surface area contributed by atoms with Crippen molar-refractivity contribution < 1.29 is 9.53 Å². The van der Waals surface area contributed by atoms with E-state index in [-0.39, 0.29) is 5.91 Å². The molecule has 0 fully saturated rings. The maximum Gasteiger partial charge on any atom is 0.220 e. The van der Waals surface area contributed by atoms with Crippen LogP contribution in [0.4, 0.5) is 0 Å². The van der Waals surface area contributed by atoms with Crippen LogP contribution >= 0.6 is 0 Å². The third kappa shape index (κ3) is 7.65. The number of carbonyl (C=O) groups is 1. The molecule has 16 heavy (non-hydrogen) atoms. The fourth-order valence-electron chi connectivity index (χ4n) is 1.72. The topological polar surface area (TPSA) is 64.3 Å². The third-order valence-corrected chi connectivity index (χ3v) is 2.85. The summed E-state index contributed by atoms with van der Waals surface area (Å²) in [4.78, 5) is 11.5. The molecule has 0 aliphatic carbocycles. The number of hydrogen-bond acceptors (Lipinski definition) is 3. The molecule has 4 nitrogen and oxygen atoms in total. The molecule has 1 unspecified atom stereocenters. The van der Waals surface area contributed by atoms with Gasteiger partial charge in [0.05, 0.1) is 6.61 Å². The Bertz CT molecular complexity index is 184. The van der Waals surface area contributed by atoms with Crippen LogP contribution in [0.2, 0.25) is 0 Å². The van der Waals surface area contributed by atoms with Gasteiger partial charge in [0.1, 0.15) is 0 Å². The summed E-state index contributed by atoms with van der Waals surface area (Å²) in [6, 6.07) is 0. The van der Waals surface area contributed by atoms with Crippen molar-refractivity contribution in [2.45, 2.75) is 33.1 Å². The Labute approximate surface area is 98.9 Å². The normalized spacial score (nSPS) is 12.8. The first-order chi connectivity index (χ1) is 7.61. The van der Waals surface area contributed by atoms with E-state index in [9.17, 15) is 4.79 Å². The fraction of sp³-hybridized carbons (Fsp3) is 0.917. The lowest BCUT2D eigenvalue weighted by molar-refractivity contribution is -0.121. The lowest BCUT2D eigenvalue weighted by atomic mass is 9.88. The second-order valence-electron chi connectivity index (χ2n) is 4.46. The summed E-state index contributed by atoms with van der Waals surface area (Å²) >= 11 is 0. The maximum atomic E-state index is 11.5. The molecule has 3 N–H and O–H groups in total. The number of amides is 1. The monoisotopic (exact) mass is 230 g/mol. The van der Waals surface area contributed by atoms with Crippen molar-refractivity contribution in [3.63, 3.8) is 0 Å². The zero-order chi connectivity index (χ0) is 12.4. The second kappa shape index (κ2) is 9.60. The lowest BCUT2D eigenvalue weighted by Gasteiger charge is -2.19. The molecule has 0 aromatic rings. The van der Waals surface area contributed by atoms with Gasteiger partial charge in [-0.25, -0.2) is 0 Å². The summed E-state index contributed by atoms with van der Waals surface area (Å²) in [6.07, 6.45) is 2.52. The van der Waals surface area contributed by atoms with Gasteiger partial charge < -0.3 is 15.8 Å². The Morgan fingerprint density at radius 3 is 2.56 bits per heavy atom. The van der Waals surface area contributed by atoms with Gasteiger partial charge in [0.2, 0.25) is 5.91 Å². The van der Waals surface area contributed by atoms with Crippen LogP contribution < -0.4 is 11.1 Å². The van der Waals surface area contributed by atoms with Crippen molar-refractivity contribution in [3.8, 4) is 0 Å². The molecule has 4 heteroatoms. The van der Waals surface area contributed by atoms with E-state index in [4.69, 9.17) is 10.5 Å². The van der Waals surface area contributed by atoms with E-state index in [1.807, 2.05) is 0 Å². The van der Waals surface area contributed by atoms with Crippen LogP contribution in [0, 0.1) is 11.8 Å². The molecule has 96 valence electrons. The van der Waals surface area contributed by atoms with Gasteiger partial charge in [-0.2, -0.15) is 0 Å². The van der Waals surface area contributed by atoms with Crippen LogP contribution in [0.15, 0.2) is 0 Å². The minimum absolute atomic E-state index is 0.111. The van der Waals surface area contributed by atoms with Crippen molar-refractivity contribution >= 4 is 5.91 Å². The molecular weight excluding hydrogens is 204 g/mol. The lowest BCUT2D eigenvalue weighted by Crippen LogP contribution is -2.27. The van der Waals surface area contributed by atoms with Gasteiger partial charge in [0.15, 0.2) is 0 Å². The summed E-state index contributed by atoms with van der Waals surface area (Å²) in [5.41, 5.74) is 5.55. The Morgan fingerprint density at radius 2 is 2.06 bits per heavy atom. The molecule has 0 saturated carbocycles. The van der Waals surface area contributed by atoms with Crippen molar-refractivity contribution in [1.82, 2.24) is 5.32 Å². The Balaban J connectivity index is 3.69. The molecule has 0 aromatic carbocycles. The van der Waals surface area contributed by atoms with Crippen LogP contribution in [0.1, 0.15) is 33.1 Å². The summed E-state index contributed by atoms with van der Waals surface area (Å²) in [5.74, 6) is 1.26. The smallest absolute Gasteiger partial charge is 0.220 e. The SMILES string of the molecule is COCCNC(=O)CCC(CCN)C(C)C. The third-order valence-electron chi connectivity index (χ3n) is 2.85. The Kier molecular flexibility index (Phi) is 9.24. The number of nitrogens with two attached hydrogens (primary N) is 1. The quantitative estimate of drug-likeness (QED) is 0.584. The van der Waals surface area contributed by atoms with E-state index in [1.54, 1.807) is 7.11 Å². The zero-order valence-electron chi connectivity index (χ0n) is 10.8. The van der Waals surface area contributed by atoms with Crippen LogP contribution in [0.5, 0.6) is 0 Å². The Hall–Kier alpha value is -0.610. The molecule has 0 saturated heterocycles. The average Bonchev–Trinajstić information content (AvgIpc) is 2.24. The minimum Gasteiger partial charge on any atom is -0.383 e. The number of methoxy groups -OCH3 is 1. The molecule has 0 aliphatic heterocycles. The Morgan fingerprint density at radius 1 is 1.38 bits per heavy atom. The molecule has 0 spiro atoms. The largest absolute Gasteiger partial charge is 0.383 e. The molecule has 0 bridgehead atoms. The number of rotatable bonds is 9. The molecular formula is C12H26N2O2. The molecule has 0 aliphatic rings. The standard InChI is InChI=1S/C12H26N2O2/c1-10(2)11(6-7-13)4-5-12(15)14-8-9-16-3/h10-11H,4-9,13H2,1-3H3,(H,14,15). The summed E-state index contributed by atoms with van der Waals surface area (Å²) in [6.45, 7) is 6.24. The van der Waals surface area contributed by atoms with E-state index in [0.717, 1.165) is 12.8 Å². The van der Waals surface area contributed by atoms with Gasteiger partial charge in [-0.15, -0.1) is 0 Å². The zero-order valence-corrected chi connectivity index (χ0v) is 10.8. The van der Waals surface area contributed by atoms with Gasteiger partial charge in [-0.3, -0.25) is 4.79 Å². The summed E-state index contributed by atoms with van der Waals surface area (Å²) < 4.78 is 4.86. The van der Waals surface area contributed by atoms with Gasteiger partial charge in [0.25, 0.3) is 0 Å². The molecule has 1 amide bonds. The van der Waals surface area contributed by atoms with Gasteiger partial charge in [-0.1, -0.05) is 13.8 Å². The van der Waals surface area contributed by atoms with E-state index < -0.39 is 0 Å². The van der Waals surface area contributed by atoms with E-state index in [2.05, 4.69) is 19.2 Å². The number of hydrogen-bond donors (Lipinski definition) is 2. The van der Waals surface area contributed by atoms with Crippen LogP contribution in [0.3, 0.4) is 0 Å². The average molecular weight is 230 g/mol. The maximum absolute atomic E-state index is 11.5. The van der Waals surface area contributed by atoms with Crippen LogP contribution in [-0.4, -0.2) is 32.7 Å². The number of carbonyl (C=O) groups excluding carboxylic acids is 1. The van der Waals surface area contributed by atoms with E-state index in [0.29, 0.717) is 38.0 Å². The fourth-order valence-corrected chi connectivity index (χ4v) is 1.72. The number of ether oxygens (including phenoxy) is 1. The van der Waals surface area contributed by atoms with E-state index >= 15 is 0 Å². The summed E-state index contributed by atoms with van der Waals surface area (Å²) in [7, 11) is 1.63. The first kappa shape index (κ1) is 15.4. The van der Waals surface area contributed by atoms with Gasteiger partial charge in [0, 0.05) is 20.1 Å². The highest BCUT2D eigenvalue weighted by Crippen LogP contribution is 2.20. The minimum atomic E-state index is 0.111. The van der Waals surface area contributed by atoms with Crippen molar-refractivity contribution in [1.29, 1.82) is 0 Å². The van der Waals surface area contributed by atoms with Crippen molar-refractivity contribution in [3.05, 3.63) is 0 Å². The van der Waals surface area contributed by atoms with Crippen molar-refractivity contribution in [2.24, 2.45) is 17.6 Å². The predicted molar refractivity (Wildman–Crippen MR) is 66.1 cm³/mol. The van der Waals surface area contributed by atoms with Gasteiger partial charge >= 0.3 is 0 Å². The first-order valence-corrected chi connectivity index (χ1v) is 6.07. The highest BCUT2D eigenvalue weighted by Gasteiger charge is 2.14. The predicted octanol–water partition coefficient (Wildman–Crippen LogP) is 1.15. The first-order valence-electron chi connectivity index (χ1n) is 6.07. The molecule has 0 radical (unpaired) electrons. The molecule has 0 heterocycles. The van der Waals surface area contributed by atoms with E-state index in [1.165, 1.54) is 0 Å². The summed E-state index contributed by atoms with van der Waals surface area (Å²) in [5, 5.41) is 2.82. The van der Waals surface area contributed by atoms with Gasteiger partial charge in [-0.05, 0) is 31.2 Å². The van der Waals surface area contributed by atoms with Crippen LogP contribution in [-0.2, 0) is 9.53 Å². The molecule has 1 atom stereocenters. The molecule has 0 rings (SSSR count). The molecule has 0 aromatic heterocycles. The van der Waals surface area contributed by atoms with Crippen molar-refractivity contribution in [2.75, 3.05) is 26.8 Å². The highest BCUT2D eigenvalue weighted by molar-refractivity contribution is 5.75. The van der Waals surface area contributed by atoms with Crippen LogP contribution in [0.25, 0.3) is 0 Å².